The second kappa shape index (κ2) is 2.74. The Morgan fingerprint density at radius 2 is 2.23 bits per heavy atom. The molecule has 13 heavy (non-hydrogen) atoms. The minimum atomic E-state index is 0.634. The quantitative estimate of drug-likeness (QED) is 0.596. The van der Waals surface area contributed by atoms with Gasteiger partial charge in [0.1, 0.15) is 6.73 Å². The summed E-state index contributed by atoms with van der Waals surface area (Å²) >= 11 is 0. The third-order valence-electron chi connectivity index (χ3n) is 3.03. The van der Waals surface area contributed by atoms with Gasteiger partial charge in [0.2, 0.25) is 0 Å². The van der Waals surface area contributed by atoms with Gasteiger partial charge in [0.15, 0.2) is 0 Å². The molecule has 2 heteroatoms. The van der Waals surface area contributed by atoms with Gasteiger partial charge >= 0.3 is 0 Å². The molecule has 2 heterocycles. The van der Waals surface area contributed by atoms with Crippen molar-refractivity contribution >= 4 is 5.69 Å². The first-order valence-corrected chi connectivity index (χ1v) is 4.87. The fraction of sp³-hybridized carbons (Fsp3) is 0.455. The van der Waals surface area contributed by atoms with Crippen LogP contribution in [0, 0.1) is 0 Å². The molecule has 2 aliphatic heterocycles. The van der Waals surface area contributed by atoms with E-state index in [2.05, 4.69) is 29.2 Å². The van der Waals surface area contributed by atoms with Crippen molar-refractivity contribution in [3.8, 4) is 0 Å². The highest BCUT2D eigenvalue weighted by Gasteiger charge is 2.30. The zero-order valence-corrected chi connectivity index (χ0v) is 7.57. The largest absolute Gasteiger partial charge is 0.359 e. The van der Waals surface area contributed by atoms with Gasteiger partial charge in [-0.15, -0.1) is 0 Å². The highest BCUT2D eigenvalue weighted by atomic mass is 16.5. The molecule has 1 aromatic carbocycles. The molecule has 0 amide bonds. The number of fused-ring (bicyclic) bond motifs is 3. The van der Waals surface area contributed by atoms with Crippen molar-refractivity contribution < 1.29 is 4.74 Å². The van der Waals surface area contributed by atoms with Gasteiger partial charge < -0.3 is 9.64 Å². The third-order valence-corrected chi connectivity index (χ3v) is 3.03. The summed E-state index contributed by atoms with van der Waals surface area (Å²) in [7, 11) is 0. The van der Waals surface area contributed by atoms with E-state index in [-0.39, 0.29) is 0 Å². The number of nitrogens with zero attached hydrogens (tertiary/aromatic N) is 1. The summed E-state index contributed by atoms with van der Waals surface area (Å²) in [6.45, 7) is 1.69. The predicted octanol–water partition coefficient (Wildman–Crippen LogP) is 1.80. The lowest BCUT2D eigenvalue weighted by Crippen LogP contribution is -2.35. The first-order valence-electron chi connectivity index (χ1n) is 4.87. The summed E-state index contributed by atoms with van der Waals surface area (Å²) in [4.78, 5) is 2.39. The Kier molecular flexibility index (Phi) is 1.56. The number of hydrogen-bond donors (Lipinski definition) is 0. The molecule has 0 bridgehead atoms. The predicted molar refractivity (Wildman–Crippen MR) is 51.8 cm³/mol. The van der Waals surface area contributed by atoms with Gasteiger partial charge in [0, 0.05) is 5.69 Å². The zero-order valence-electron chi connectivity index (χ0n) is 7.57. The van der Waals surface area contributed by atoms with Crippen LogP contribution >= 0.6 is 0 Å². The molecule has 3 rings (SSSR count). The molecule has 0 aromatic heterocycles. The Morgan fingerprint density at radius 1 is 1.31 bits per heavy atom. The molecule has 0 spiro atoms. The molecule has 0 N–H and O–H groups in total. The second-order valence-electron chi connectivity index (χ2n) is 3.79. The molecule has 2 nitrogen and oxygen atoms in total. The second-order valence-corrected chi connectivity index (χ2v) is 3.79. The van der Waals surface area contributed by atoms with Crippen LogP contribution < -0.4 is 4.90 Å². The lowest BCUT2D eigenvalue weighted by atomic mass is 9.97. The molecule has 1 saturated heterocycles. The number of hydrogen-bond acceptors (Lipinski definition) is 2. The van der Waals surface area contributed by atoms with Crippen LogP contribution in [0.15, 0.2) is 24.3 Å². The Balaban J connectivity index is 2.06. The van der Waals surface area contributed by atoms with Gasteiger partial charge in [-0.25, -0.2) is 0 Å². The van der Waals surface area contributed by atoms with E-state index in [9.17, 15) is 0 Å². The maximum absolute atomic E-state index is 5.47. The van der Waals surface area contributed by atoms with Crippen LogP contribution in [0.25, 0.3) is 0 Å². The summed E-state index contributed by atoms with van der Waals surface area (Å²) in [5.41, 5.74) is 2.86. The fourth-order valence-electron chi connectivity index (χ4n) is 2.31. The normalized spacial score (nSPS) is 25.5. The number of anilines is 1. The van der Waals surface area contributed by atoms with E-state index in [1.807, 2.05) is 0 Å². The zero-order chi connectivity index (χ0) is 8.67. The van der Waals surface area contributed by atoms with Crippen molar-refractivity contribution in [3.63, 3.8) is 0 Å². The van der Waals surface area contributed by atoms with E-state index in [1.165, 1.54) is 24.1 Å². The Bertz CT molecular complexity index is 324. The number of rotatable bonds is 0. The molecule has 1 unspecified atom stereocenters. The van der Waals surface area contributed by atoms with Gasteiger partial charge in [0.05, 0.1) is 12.6 Å². The lowest BCUT2D eigenvalue weighted by molar-refractivity contribution is 0.193. The molecule has 1 aromatic rings. The van der Waals surface area contributed by atoms with Crippen molar-refractivity contribution in [3.05, 3.63) is 29.8 Å². The van der Waals surface area contributed by atoms with Gasteiger partial charge in [-0.3, -0.25) is 0 Å². The number of benzene rings is 1. The number of ether oxygens (including phenoxy) is 1. The average Bonchev–Trinajstić information content (AvgIpc) is 2.65. The smallest absolute Gasteiger partial charge is 0.119 e. The van der Waals surface area contributed by atoms with Crippen molar-refractivity contribution in [1.29, 1.82) is 0 Å². The van der Waals surface area contributed by atoms with Crippen molar-refractivity contribution in [1.82, 2.24) is 0 Å². The van der Waals surface area contributed by atoms with Crippen LogP contribution in [0.3, 0.4) is 0 Å². The molecule has 0 saturated carbocycles. The fourth-order valence-corrected chi connectivity index (χ4v) is 2.31. The van der Waals surface area contributed by atoms with Gasteiger partial charge in [0.25, 0.3) is 0 Å². The Morgan fingerprint density at radius 3 is 3.23 bits per heavy atom. The Hall–Kier alpha value is -1.02. The number of aryl methyl sites for hydroxylation is 1. The van der Waals surface area contributed by atoms with E-state index in [1.54, 1.807) is 0 Å². The van der Waals surface area contributed by atoms with E-state index < -0.39 is 0 Å². The Labute approximate surface area is 78.1 Å². The minimum absolute atomic E-state index is 0.634. The van der Waals surface area contributed by atoms with Crippen LogP contribution in [-0.4, -0.2) is 19.4 Å². The topological polar surface area (TPSA) is 12.5 Å². The van der Waals surface area contributed by atoms with E-state index in [4.69, 9.17) is 4.74 Å². The maximum atomic E-state index is 5.47. The van der Waals surface area contributed by atoms with Crippen LogP contribution in [0.5, 0.6) is 0 Å². The van der Waals surface area contributed by atoms with Crippen LogP contribution in [0.4, 0.5) is 5.69 Å². The molecule has 2 aliphatic rings. The van der Waals surface area contributed by atoms with Crippen molar-refractivity contribution in [2.45, 2.75) is 18.9 Å². The van der Waals surface area contributed by atoms with Crippen LogP contribution in [0.1, 0.15) is 12.0 Å². The monoisotopic (exact) mass is 175 g/mol. The summed E-state index contributed by atoms with van der Waals surface area (Å²) in [6.07, 6.45) is 2.46. The van der Waals surface area contributed by atoms with Crippen molar-refractivity contribution in [2.75, 3.05) is 18.2 Å². The highest BCUT2D eigenvalue weighted by molar-refractivity contribution is 5.56. The van der Waals surface area contributed by atoms with E-state index in [0.29, 0.717) is 6.04 Å². The van der Waals surface area contributed by atoms with Crippen LogP contribution in [-0.2, 0) is 11.2 Å². The van der Waals surface area contributed by atoms with Gasteiger partial charge in [-0.05, 0) is 24.5 Å². The number of para-hydroxylation sites is 1. The summed E-state index contributed by atoms with van der Waals surface area (Å²) in [6, 6.07) is 9.30. The van der Waals surface area contributed by atoms with Crippen molar-refractivity contribution in [2.24, 2.45) is 0 Å². The average molecular weight is 175 g/mol. The van der Waals surface area contributed by atoms with E-state index in [0.717, 1.165) is 13.3 Å². The molecular weight excluding hydrogens is 162 g/mol. The maximum Gasteiger partial charge on any atom is 0.119 e. The first kappa shape index (κ1) is 7.39. The lowest BCUT2D eigenvalue weighted by Gasteiger charge is -2.31. The molecule has 1 atom stereocenters. The molecule has 0 radical (unpaired) electrons. The standard InChI is InChI=1S/C11H13NO/c1-2-4-11-9(3-1)5-6-10-7-13-8-12(10)11/h1-4,10H,5-8H2. The first-order chi connectivity index (χ1) is 6.45. The third kappa shape index (κ3) is 1.05. The molecular formula is C11H13NO. The summed E-state index contributed by atoms with van der Waals surface area (Å²) in [5, 5.41) is 0. The van der Waals surface area contributed by atoms with Gasteiger partial charge in [-0.2, -0.15) is 0 Å². The summed E-state index contributed by atoms with van der Waals surface area (Å²) < 4.78 is 5.47. The molecule has 1 fully saturated rings. The molecule has 0 aliphatic carbocycles. The van der Waals surface area contributed by atoms with Gasteiger partial charge in [-0.1, -0.05) is 18.2 Å². The summed E-state index contributed by atoms with van der Waals surface area (Å²) in [5.74, 6) is 0. The SMILES string of the molecule is c1ccc2c(c1)CCC1COCN21. The van der Waals surface area contributed by atoms with E-state index >= 15 is 0 Å². The highest BCUT2D eigenvalue weighted by Crippen LogP contribution is 2.32. The molecule has 68 valence electrons. The van der Waals surface area contributed by atoms with Crippen LogP contribution in [0.2, 0.25) is 0 Å². The minimum Gasteiger partial charge on any atom is -0.359 e.